The lowest BCUT2D eigenvalue weighted by atomic mass is 10.0. The minimum Gasteiger partial charge on any atom is -0.378 e. The van der Waals surface area contributed by atoms with E-state index in [9.17, 15) is 9.46 Å². The molecule has 2 unspecified atom stereocenters. The van der Waals surface area contributed by atoms with E-state index in [2.05, 4.69) is 6.92 Å². The molecule has 1 fully saturated rings. The molecule has 0 saturated carbocycles. The van der Waals surface area contributed by atoms with Crippen molar-refractivity contribution in [1.29, 1.82) is 0 Å². The first-order valence-electron chi connectivity index (χ1n) is 14.2. The van der Waals surface area contributed by atoms with Gasteiger partial charge < -0.3 is 14.4 Å². The number of phosphoric acid groups is 1. The summed E-state index contributed by atoms with van der Waals surface area (Å²) in [5.41, 5.74) is -0.629. The number of rotatable bonds is 24. The maximum atomic E-state index is 12.1. The summed E-state index contributed by atoms with van der Waals surface area (Å²) in [5.74, 6) is 0.410. The zero-order valence-corrected chi connectivity index (χ0v) is 23.5. The molecule has 1 heterocycles. The van der Waals surface area contributed by atoms with Crippen LogP contribution in [-0.2, 0) is 23.1 Å². The minimum atomic E-state index is -4.06. The highest BCUT2D eigenvalue weighted by Gasteiger charge is 2.38. The summed E-state index contributed by atoms with van der Waals surface area (Å²) >= 11 is 0. The highest BCUT2D eigenvalue weighted by atomic mass is 31.2. The Morgan fingerprint density at radius 3 is 1.88 bits per heavy atom. The van der Waals surface area contributed by atoms with Crippen molar-refractivity contribution in [2.24, 2.45) is 5.92 Å². The second kappa shape index (κ2) is 20.1. The van der Waals surface area contributed by atoms with Gasteiger partial charge in [-0.3, -0.25) is 9.05 Å². The number of ether oxygens (including phenoxy) is 2. The number of hydrogen-bond acceptors (Lipinski definition) is 5. The van der Waals surface area contributed by atoms with Gasteiger partial charge in [-0.05, 0) is 31.6 Å². The third-order valence-electron chi connectivity index (χ3n) is 6.63. The molecule has 0 amide bonds. The molecule has 34 heavy (non-hydrogen) atoms. The third-order valence-corrected chi connectivity index (χ3v) is 7.60. The molecule has 0 radical (unpaired) electrons. The van der Waals surface area contributed by atoms with Crippen LogP contribution in [-0.4, -0.2) is 43.5 Å². The summed E-state index contributed by atoms with van der Waals surface area (Å²) < 4.78 is 34.2. The first-order valence-corrected chi connectivity index (χ1v) is 15.7. The van der Waals surface area contributed by atoms with Crippen molar-refractivity contribution in [3.8, 4) is 0 Å². The lowest BCUT2D eigenvalue weighted by Crippen LogP contribution is -2.39. The van der Waals surface area contributed by atoms with Crippen LogP contribution in [0.1, 0.15) is 130 Å². The summed E-state index contributed by atoms with van der Waals surface area (Å²) in [6.45, 7) is 8.34. The van der Waals surface area contributed by atoms with Crippen LogP contribution in [0.2, 0.25) is 0 Å². The van der Waals surface area contributed by atoms with Crippen LogP contribution in [0.5, 0.6) is 0 Å². The molecule has 1 aliphatic rings. The van der Waals surface area contributed by atoms with Crippen molar-refractivity contribution in [2.45, 2.75) is 136 Å². The lowest BCUT2D eigenvalue weighted by Gasteiger charge is -2.28. The van der Waals surface area contributed by atoms with Crippen LogP contribution in [0.15, 0.2) is 0 Å². The average Bonchev–Trinajstić information content (AvgIpc) is 3.26. The Morgan fingerprint density at radius 1 is 0.824 bits per heavy atom. The predicted molar refractivity (Wildman–Crippen MR) is 140 cm³/mol. The van der Waals surface area contributed by atoms with E-state index in [1.54, 1.807) is 0 Å². The van der Waals surface area contributed by atoms with E-state index in [1.165, 1.54) is 83.5 Å². The van der Waals surface area contributed by atoms with Crippen LogP contribution in [0, 0.1) is 5.92 Å². The van der Waals surface area contributed by atoms with E-state index in [0.717, 1.165) is 25.7 Å². The molecule has 2 atom stereocenters. The fourth-order valence-corrected chi connectivity index (χ4v) is 5.13. The van der Waals surface area contributed by atoms with Crippen molar-refractivity contribution < 1.29 is 28.0 Å². The zero-order chi connectivity index (χ0) is 25.0. The first-order chi connectivity index (χ1) is 16.4. The number of hydrogen-bond donors (Lipinski definition) is 1. The summed E-state index contributed by atoms with van der Waals surface area (Å²) in [6.07, 6.45) is 21.2. The van der Waals surface area contributed by atoms with E-state index >= 15 is 0 Å². The summed E-state index contributed by atoms with van der Waals surface area (Å²) in [5, 5.41) is 0. The van der Waals surface area contributed by atoms with Gasteiger partial charge in [0.1, 0.15) is 5.60 Å². The molecule has 6 nitrogen and oxygen atoms in total. The molecule has 1 aliphatic heterocycles. The quantitative estimate of drug-likeness (QED) is 0.105. The van der Waals surface area contributed by atoms with Crippen LogP contribution in [0.4, 0.5) is 0 Å². The van der Waals surface area contributed by atoms with Gasteiger partial charge in [-0.2, -0.15) is 0 Å². The molecular weight excluding hydrogens is 451 g/mol. The molecule has 204 valence electrons. The smallest absolute Gasteiger partial charge is 0.378 e. The average molecular weight is 507 g/mol. The van der Waals surface area contributed by atoms with E-state index in [-0.39, 0.29) is 13.2 Å². The third kappa shape index (κ3) is 17.5. The van der Waals surface area contributed by atoms with Crippen molar-refractivity contribution in [3.05, 3.63) is 0 Å². The SMILES string of the molecule is CCCCCCCCCCCCCCCCOCC1(COP(=O)(O)OCCC(C)C)CCCO1. The second-order valence-corrected chi connectivity index (χ2v) is 12.0. The Morgan fingerprint density at radius 2 is 1.38 bits per heavy atom. The van der Waals surface area contributed by atoms with Gasteiger partial charge in [0.15, 0.2) is 0 Å². The van der Waals surface area contributed by atoms with E-state index < -0.39 is 13.4 Å². The second-order valence-electron chi connectivity index (χ2n) is 10.5. The highest BCUT2D eigenvalue weighted by molar-refractivity contribution is 7.47. The molecule has 7 heteroatoms. The Bertz CT molecular complexity index is 507. The van der Waals surface area contributed by atoms with Crippen molar-refractivity contribution in [2.75, 3.05) is 33.0 Å². The minimum absolute atomic E-state index is 0.0290. The van der Waals surface area contributed by atoms with E-state index in [0.29, 0.717) is 25.7 Å². The first kappa shape index (κ1) is 32.1. The summed E-state index contributed by atoms with van der Waals surface area (Å²) in [7, 11) is -4.06. The summed E-state index contributed by atoms with van der Waals surface area (Å²) in [6, 6.07) is 0. The monoisotopic (exact) mass is 506 g/mol. The van der Waals surface area contributed by atoms with Crippen molar-refractivity contribution in [3.63, 3.8) is 0 Å². The maximum Gasteiger partial charge on any atom is 0.472 e. The molecular formula is C27H55O6P. The molecule has 1 saturated heterocycles. The van der Waals surface area contributed by atoms with Crippen LogP contribution in [0.25, 0.3) is 0 Å². The molecule has 0 aromatic rings. The topological polar surface area (TPSA) is 74.2 Å². The van der Waals surface area contributed by atoms with E-state index in [1.807, 2.05) is 13.8 Å². The largest absolute Gasteiger partial charge is 0.472 e. The van der Waals surface area contributed by atoms with Crippen LogP contribution < -0.4 is 0 Å². The van der Waals surface area contributed by atoms with Crippen molar-refractivity contribution >= 4 is 7.82 Å². The predicted octanol–water partition coefficient (Wildman–Crippen LogP) is 8.21. The van der Waals surface area contributed by atoms with E-state index in [4.69, 9.17) is 18.5 Å². The van der Waals surface area contributed by atoms with Gasteiger partial charge in [0.05, 0.1) is 19.8 Å². The Kier molecular flexibility index (Phi) is 19.0. The van der Waals surface area contributed by atoms with Gasteiger partial charge in [-0.25, -0.2) is 4.57 Å². The fraction of sp³-hybridized carbons (Fsp3) is 1.00. The van der Waals surface area contributed by atoms with Gasteiger partial charge >= 0.3 is 7.82 Å². The molecule has 0 spiro atoms. The normalized spacial score (nSPS) is 20.3. The summed E-state index contributed by atoms with van der Waals surface area (Å²) in [4.78, 5) is 9.93. The van der Waals surface area contributed by atoms with Gasteiger partial charge in [0.2, 0.25) is 0 Å². The lowest BCUT2D eigenvalue weighted by molar-refractivity contribution is -0.0909. The Balaban J connectivity index is 2.01. The Labute approximate surface area is 210 Å². The number of phosphoric ester groups is 1. The standard InChI is InChI=1S/C27H55O6P/c1-4-5-6-7-8-9-10-11-12-13-14-15-16-17-21-30-24-27(20-18-22-31-27)25-33-34(28,29)32-23-19-26(2)3/h26H,4-25H2,1-3H3,(H,28,29). The zero-order valence-electron chi connectivity index (χ0n) is 22.6. The van der Waals surface area contributed by atoms with Gasteiger partial charge in [0, 0.05) is 13.2 Å². The molecule has 1 N–H and O–H groups in total. The molecule has 0 aromatic heterocycles. The van der Waals surface area contributed by atoms with Gasteiger partial charge in [-0.15, -0.1) is 0 Å². The fourth-order valence-electron chi connectivity index (χ4n) is 4.32. The molecule has 0 aliphatic carbocycles. The number of unbranched alkanes of at least 4 members (excludes halogenated alkanes) is 13. The van der Waals surface area contributed by atoms with Crippen molar-refractivity contribution in [1.82, 2.24) is 0 Å². The highest BCUT2D eigenvalue weighted by Crippen LogP contribution is 2.45. The van der Waals surface area contributed by atoms with Gasteiger partial charge in [0.25, 0.3) is 0 Å². The van der Waals surface area contributed by atoms with Crippen LogP contribution >= 0.6 is 7.82 Å². The molecule has 1 rings (SSSR count). The van der Waals surface area contributed by atoms with Gasteiger partial charge in [-0.1, -0.05) is 104 Å². The molecule has 0 bridgehead atoms. The Hall–Kier alpha value is 0.0300. The molecule has 0 aromatic carbocycles. The van der Waals surface area contributed by atoms with Crippen LogP contribution in [0.3, 0.4) is 0 Å². The maximum absolute atomic E-state index is 12.1.